The molecular formula is C37H43F3N4O6S. The molecule has 51 heavy (non-hydrogen) atoms. The smallest absolute Gasteiger partial charge is 0.390 e. The Hall–Kier alpha value is -3.62. The summed E-state index contributed by atoms with van der Waals surface area (Å²) in [5, 5.41) is 0.932. The maximum absolute atomic E-state index is 15.1. The molecule has 4 atom stereocenters. The van der Waals surface area contributed by atoms with Crippen molar-refractivity contribution in [2.45, 2.75) is 81.6 Å². The number of aromatic nitrogens is 1. The number of methoxy groups -OCH3 is 1. The summed E-state index contributed by atoms with van der Waals surface area (Å²) in [6.45, 7) is 2.77. The number of alkyl halides is 3. The summed E-state index contributed by atoms with van der Waals surface area (Å²) in [7, 11) is -0.843. The lowest BCUT2D eigenvalue weighted by atomic mass is 9.81. The van der Waals surface area contributed by atoms with Crippen LogP contribution in [0.4, 0.5) is 13.2 Å². The average Bonchev–Trinajstić information content (AvgIpc) is 3.76. The largest absolute Gasteiger partial charge is 0.497 e. The van der Waals surface area contributed by atoms with E-state index in [1.165, 1.54) is 0 Å². The zero-order chi connectivity index (χ0) is 35.9. The van der Waals surface area contributed by atoms with Gasteiger partial charge in [0.15, 0.2) is 0 Å². The van der Waals surface area contributed by atoms with E-state index in [2.05, 4.69) is 33.5 Å². The lowest BCUT2D eigenvalue weighted by Gasteiger charge is -2.50. The summed E-state index contributed by atoms with van der Waals surface area (Å²) in [5.41, 5.74) is 4.21. The quantitative estimate of drug-likeness (QED) is 0.347. The molecule has 14 heteroatoms. The highest BCUT2D eigenvalue weighted by Crippen LogP contribution is 2.66. The number of amides is 2. The van der Waals surface area contributed by atoms with Crippen molar-refractivity contribution >= 4 is 32.7 Å². The second-order valence-electron chi connectivity index (χ2n) is 15.2. The molecule has 0 radical (unpaired) electrons. The fourth-order valence-electron chi connectivity index (χ4n) is 9.39. The Labute approximate surface area is 295 Å². The van der Waals surface area contributed by atoms with Gasteiger partial charge in [-0.3, -0.25) is 9.59 Å². The number of carbonyl (C=O) groups excluding carboxylic acids is 2. The number of halogens is 3. The van der Waals surface area contributed by atoms with E-state index in [-0.39, 0.29) is 35.4 Å². The molecule has 1 N–H and O–H groups in total. The van der Waals surface area contributed by atoms with Crippen LogP contribution in [0.1, 0.15) is 78.3 Å². The van der Waals surface area contributed by atoms with Crippen LogP contribution in [0.25, 0.3) is 22.2 Å². The molecule has 1 aromatic heterocycles. The molecular weight excluding hydrogens is 685 g/mol. The normalized spacial score (nSPS) is 26.5. The van der Waals surface area contributed by atoms with Gasteiger partial charge in [0.2, 0.25) is 15.9 Å². The van der Waals surface area contributed by atoms with E-state index >= 15 is 4.79 Å². The van der Waals surface area contributed by atoms with Crippen LogP contribution in [0.2, 0.25) is 0 Å². The molecule has 2 amide bonds. The van der Waals surface area contributed by atoms with Crippen molar-refractivity contribution in [2.75, 3.05) is 46.2 Å². The van der Waals surface area contributed by atoms with Gasteiger partial charge in [-0.1, -0.05) is 25.3 Å². The number of rotatable bonds is 7. The highest BCUT2D eigenvalue weighted by molar-refractivity contribution is 7.90. The summed E-state index contributed by atoms with van der Waals surface area (Å²) in [5.74, 6) is -1.25. The number of nitrogens with one attached hydrogen (secondary N) is 1. The van der Waals surface area contributed by atoms with E-state index in [0.29, 0.717) is 37.4 Å². The average molecular weight is 729 g/mol. The van der Waals surface area contributed by atoms with E-state index in [4.69, 9.17) is 9.47 Å². The number of ether oxygens (including phenoxy) is 2. The third-order valence-electron chi connectivity index (χ3n) is 11.8. The zero-order valence-corrected chi connectivity index (χ0v) is 29.6. The molecule has 5 aliphatic rings. The molecule has 274 valence electrons. The molecule has 3 aliphatic heterocycles. The molecule has 2 saturated carbocycles. The lowest BCUT2D eigenvalue weighted by molar-refractivity contribution is -0.160. The van der Waals surface area contributed by atoms with Gasteiger partial charge in [0, 0.05) is 47.6 Å². The van der Waals surface area contributed by atoms with Crippen molar-refractivity contribution in [1.82, 2.24) is 19.1 Å². The summed E-state index contributed by atoms with van der Waals surface area (Å²) >= 11 is 0. The second-order valence-corrected chi connectivity index (χ2v) is 17.0. The number of piperazine rings is 1. The zero-order valence-electron chi connectivity index (χ0n) is 28.8. The van der Waals surface area contributed by atoms with Gasteiger partial charge < -0.3 is 23.8 Å². The van der Waals surface area contributed by atoms with Gasteiger partial charge in [0.25, 0.3) is 5.91 Å². The van der Waals surface area contributed by atoms with Gasteiger partial charge in [-0.2, -0.15) is 13.2 Å². The minimum atomic E-state index is -4.68. The summed E-state index contributed by atoms with van der Waals surface area (Å²) in [6, 6.07) is 11.0. The highest BCUT2D eigenvalue weighted by atomic mass is 32.2. The van der Waals surface area contributed by atoms with Crippen molar-refractivity contribution < 1.29 is 40.7 Å². The summed E-state index contributed by atoms with van der Waals surface area (Å²) < 4.78 is 79.1. The van der Waals surface area contributed by atoms with Gasteiger partial charge in [-0.25, -0.2) is 13.1 Å². The third-order valence-corrected chi connectivity index (χ3v) is 13.0. The van der Waals surface area contributed by atoms with Crippen LogP contribution in [0.5, 0.6) is 5.75 Å². The second kappa shape index (κ2) is 12.5. The standard InChI is InChI=1S/C37H43F3N4O6S/c1-42-17-24-19-50-20-25(18-42)44(24)35(46)36-16-30(36)29-15-26(49-2)9-11-27(29)33-32(22-6-4-3-5-7-22)28-10-8-23(14-31(28)43(33)21-36)34(45)41-51(47,48)13-12-37(38,39)40/h8-11,14-15,22,24-25,30H,3-7,12-13,16-21H2,1-2H3,(H,41,45)/t24-,25+,30?,36?. The number of morpholine rings is 1. The molecule has 10 nitrogen and oxygen atoms in total. The van der Waals surface area contributed by atoms with Crippen molar-refractivity contribution in [3.8, 4) is 17.0 Å². The molecule has 0 spiro atoms. The van der Waals surface area contributed by atoms with Gasteiger partial charge >= 0.3 is 6.18 Å². The van der Waals surface area contributed by atoms with Crippen LogP contribution in [0.3, 0.4) is 0 Å². The Bertz CT molecular complexity index is 1990. The first-order valence-electron chi connectivity index (χ1n) is 17.8. The number of hydrogen-bond donors (Lipinski definition) is 1. The lowest BCUT2D eigenvalue weighted by Crippen LogP contribution is -2.66. The van der Waals surface area contributed by atoms with Crippen LogP contribution >= 0.6 is 0 Å². The van der Waals surface area contributed by atoms with Crippen molar-refractivity contribution in [3.05, 3.63) is 53.1 Å². The number of benzene rings is 2. The first-order chi connectivity index (χ1) is 24.3. The minimum Gasteiger partial charge on any atom is -0.497 e. The molecule has 2 aromatic carbocycles. The number of sulfonamides is 1. The van der Waals surface area contributed by atoms with Gasteiger partial charge in [-0.05, 0) is 73.7 Å². The molecule has 4 fully saturated rings. The van der Waals surface area contributed by atoms with Crippen molar-refractivity contribution in [2.24, 2.45) is 5.41 Å². The summed E-state index contributed by atoms with van der Waals surface area (Å²) in [4.78, 5) is 32.8. The van der Waals surface area contributed by atoms with Gasteiger partial charge in [0.1, 0.15) is 5.75 Å². The maximum atomic E-state index is 15.1. The van der Waals surface area contributed by atoms with E-state index in [0.717, 1.165) is 73.0 Å². The van der Waals surface area contributed by atoms with Gasteiger partial charge in [0.05, 0.1) is 55.7 Å². The number of likely N-dealkylation sites (N-methyl/N-ethyl adjacent to an activating group) is 1. The third kappa shape index (κ3) is 6.10. The fourth-order valence-corrected chi connectivity index (χ4v) is 10.4. The molecule has 3 aromatic rings. The highest BCUT2D eigenvalue weighted by Gasteiger charge is 2.65. The topological polar surface area (TPSA) is 110 Å². The maximum Gasteiger partial charge on any atom is 0.390 e. The molecule has 2 bridgehead atoms. The number of carbonyl (C=O) groups is 2. The Kier molecular flexibility index (Phi) is 8.45. The van der Waals surface area contributed by atoms with Crippen LogP contribution in [0, 0.1) is 5.41 Å². The first-order valence-corrected chi connectivity index (χ1v) is 19.5. The van der Waals surface area contributed by atoms with Crippen LogP contribution in [-0.4, -0.2) is 99.1 Å². The van der Waals surface area contributed by atoms with E-state index in [1.807, 2.05) is 16.9 Å². The Balaban J connectivity index is 1.27. The van der Waals surface area contributed by atoms with Crippen LogP contribution in [-0.2, 0) is 26.1 Å². The first kappa shape index (κ1) is 34.5. The Morgan fingerprint density at radius 1 is 1.04 bits per heavy atom. The van der Waals surface area contributed by atoms with E-state index in [9.17, 15) is 26.4 Å². The fraction of sp³-hybridized carbons (Fsp3) is 0.568. The van der Waals surface area contributed by atoms with Crippen molar-refractivity contribution in [3.63, 3.8) is 0 Å². The van der Waals surface area contributed by atoms with E-state index in [1.54, 1.807) is 19.2 Å². The summed E-state index contributed by atoms with van der Waals surface area (Å²) in [6.07, 6.45) is -0.279. The number of hydrogen-bond acceptors (Lipinski definition) is 7. The number of nitrogens with zero attached hydrogens (tertiary/aromatic N) is 3. The monoisotopic (exact) mass is 728 g/mol. The van der Waals surface area contributed by atoms with Crippen LogP contribution in [0.15, 0.2) is 36.4 Å². The van der Waals surface area contributed by atoms with Gasteiger partial charge in [-0.15, -0.1) is 0 Å². The molecule has 8 rings (SSSR count). The number of fused-ring (bicyclic) bond motifs is 9. The molecule has 2 unspecified atom stereocenters. The molecule has 2 aliphatic carbocycles. The Morgan fingerprint density at radius 3 is 2.45 bits per heavy atom. The molecule has 2 saturated heterocycles. The Morgan fingerprint density at radius 2 is 1.76 bits per heavy atom. The van der Waals surface area contributed by atoms with Crippen molar-refractivity contribution in [1.29, 1.82) is 0 Å². The van der Waals surface area contributed by atoms with E-state index < -0.39 is 39.7 Å². The SMILES string of the molecule is COc1ccc2c(c1)C1CC1(C(=O)N1[C@@H]3COC[C@H]1CN(C)C3)Cn1c-2c(C2CCCCC2)c2ccc(C(=O)NS(=O)(=O)CCC(F)(F)F)cc21. The molecule has 4 heterocycles. The van der Waals surface area contributed by atoms with Crippen LogP contribution < -0.4 is 9.46 Å². The predicted octanol–water partition coefficient (Wildman–Crippen LogP) is 5.41. The predicted molar refractivity (Wildman–Crippen MR) is 184 cm³/mol. The minimum absolute atomic E-state index is 0.0197.